The Morgan fingerprint density at radius 2 is 0.786 bits per heavy atom. The van der Waals surface area contributed by atoms with Crippen molar-refractivity contribution in [2.24, 2.45) is 0 Å². The maximum atomic E-state index is 11.4. The van der Waals surface area contributed by atoms with Gasteiger partial charge < -0.3 is 29.2 Å². The third-order valence-corrected chi connectivity index (χ3v) is 7.71. The summed E-state index contributed by atoms with van der Waals surface area (Å²) < 4.78 is 26.1. The van der Waals surface area contributed by atoms with Gasteiger partial charge in [-0.15, -0.1) is 0 Å². The van der Waals surface area contributed by atoms with E-state index in [-0.39, 0.29) is 26.4 Å². The van der Waals surface area contributed by atoms with Crippen molar-refractivity contribution in [1.29, 1.82) is 0 Å². The largest absolute Gasteiger partial charge is 0.388 e. The van der Waals surface area contributed by atoms with E-state index >= 15 is 0 Å². The lowest BCUT2D eigenvalue weighted by atomic mass is 10.0. The van der Waals surface area contributed by atoms with Crippen LogP contribution >= 0.6 is 31.9 Å². The summed E-state index contributed by atoms with van der Waals surface area (Å²) in [6, 6.07) is 35.1. The van der Waals surface area contributed by atoms with E-state index in [0.717, 1.165) is 31.2 Å². The second-order valence-corrected chi connectivity index (χ2v) is 11.8. The molecule has 222 valence electrons. The summed E-state index contributed by atoms with van der Waals surface area (Å²) in [5.74, 6) is 0. The quantitative estimate of drug-likeness (QED) is 0.126. The highest BCUT2D eigenvalue weighted by molar-refractivity contribution is 9.10. The van der Waals surface area contributed by atoms with Crippen molar-refractivity contribution in [2.45, 2.75) is 50.8 Å². The van der Waals surface area contributed by atoms with E-state index in [9.17, 15) is 10.2 Å². The molecule has 0 fully saturated rings. The number of ether oxygens (including phenoxy) is 4. The second-order valence-electron chi connectivity index (χ2n) is 9.93. The zero-order valence-corrected chi connectivity index (χ0v) is 26.4. The standard InChI is InChI=1S/C34H36Br2O6/c35-29-15-11-27(12-16-29)21-41-31(23-39-19-25-7-3-1-4-8-25)33(37)34(38)32(24-40-20-26-9-5-2-6-10-26)42-22-28-13-17-30(36)18-14-28/h1-18,31-34,37-38H,19-24H2/t31-,32-,33-,34-/m1/s1. The Balaban J connectivity index is 1.44. The van der Waals surface area contributed by atoms with Crippen molar-refractivity contribution < 1.29 is 29.2 Å². The van der Waals surface area contributed by atoms with E-state index in [2.05, 4.69) is 31.9 Å². The zero-order chi connectivity index (χ0) is 29.6. The van der Waals surface area contributed by atoms with Gasteiger partial charge in [0.1, 0.15) is 24.4 Å². The van der Waals surface area contributed by atoms with Crippen LogP contribution in [0.1, 0.15) is 22.3 Å². The van der Waals surface area contributed by atoms with Crippen LogP contribution in [-0.2, 0) is 45.4 Å². The van der Waals surface area contributed by atoms with Gasteiger partial charge in [0.2, 0.25) is 0 Å². The summed E-state index contributed by atoms with van der Waals surface area (Å²) in [6.45, 7) is 1.34. The molecule has 0 unspecified atom stereocenters. The molecule has 0 amide bonds. The fourth-order valence-electron chi connectivity index (χ4n) is 4.23. The number of rotatable bonds is 17. The van der Waals surface area contributed by atoms with E-state index in [0.29, 0.717) is 13.2 Å². The summed E-state index contributed by atoms with van der Waals surface area (Å²) in [5.41, 5.74) is 3.87. The smallest absolute Gasteiger partial charge is 0.111 e. The SMILES string of the molecule is O[C@@H]([C@H](O)[C@@H](COCc1ccccc1)OCc1ccc(Br)cc1)[C@@H](COCc1ccccc1)OCc1ccc(Br)cc1. The monoisotopic (exact) mass is 698 g/mol. The van der Waals surface area contributed by atoms with Crippen LogP contribution in [0, 0.1) is 0 Å². The molecule has 4 atom stereocenters. The molecule has 6 nitrogen and oxygen atoms in total. The fraction of sp³-hybridized carbons (Fsp3) is 0.294. The molecule has 4 aromatic rings. The predicted octanol–water partition coefficient (Wildman–Crippen LogP) is 6.84. The van der Waals surface area contributed by atoms with Crippen LogP contribution in [0.4, 0.5) is 0 Å². The maximum absolute atomic E-state index is 11.4. The van der Waals surface area contributed by atoms with Gasteiger partial charge in [-0.1, -0.05) is 117 Å². The first kappa shape index (κ1) is 32.5. The van der Waals surface area contributed by atoms with Crippen LogP contribution in [0.2, 0.25) is 0 Å². The number of aliphatic hydroxyl groups is 2. The van der Waals surface area contributed by atoms with Crippen molar-refractivity contribution in [2.75, 3.05) is 13.2 Å². The summed E-state index contributed by atoms with van der Waals surface area (Å²) >= 11 is 6.90. The summed E-state index contributed by atoms with van der Waals surface area (Å²) in [4.78, 5) is 0. The zero-order valence-electron chi connectivity index (χ0n) is 23.2. The normalized spacial score (nSPS) is 14.3. The highest BCUT2D eigenvalue weighted by Crippen LogP contribution is 2.19. The van der Waals surface area contributed by atoms with E-state index in [1.807, 2.05) is 109 Å². The minimum absolute atomic E-state index is 0.0773. The average Bonchev–Trinajstić information content (AvgIpc) is 3.02. The molecule has 0 radical (unpaired) electrons. The minimum atomic E-state index is -1.30. The Morgan fingerprint density at radius 1 is 0.452 bits per heavy atom. The molecular formula is C34H36Br2O6. The second kappa shape index (κ2) is 17.7. The Morgan fingerprint density at radius 3 is 1.14 bits per heavy atom. The third-order valence-electron chi connectivity index (χ3n) is 6.65. The van der Waals surface area contributed by atoms with Crippen molar-refractivity contribution >= 4 is 31.9 Å². The lowest BCUT2D eigenvalue weighted by Crippen LogP contribution is -2.49. The molecule has 0 spiro atoms. The van der Waals surface area contributed by atoms with Gasteiger partial charge in [0.05, 0.1) is 39.6 Å². The molecule has 42 heavy (non-hydrogen) atoms. The molecule has 0 saturated heterocycles. The number of halogens is 2. The molecule has 4 rings (SSSR count). The van der Waals surface area contributed by atoms with Gasteiger partial charge in [0.15, 0.2) is 0 Å². The number of hydrogen-bond acceptors (Lipinski definition) is 6. The predicted molar refractivity (Wildman–Crippen MR) is 170 cm³/mol. The molecule has 0 aromatic heterocycles. The number of aliphatic hydroxyl groups excluding tert-OH is 2. The van der Waals surface area contributed by atoms with Gasteiger partial charge >= 0.3 is 0 Å². The van der Waals surface area contributed by atoms with Gasteiger partial charge in [0, 0.05) is 8.95 Å². The molecule has 0 aliphatic heterocycles. The van der Waals surface area contributed by atoms with Gasteiger partial charge in [-0.05, 0) is 46.5 Å². The Hall–Kier alpha value is -2.40. The van der Waals surface area contributed by atoms with Crippen molar-refractivity contribution in [3.63, 3.8) is 0 Å². The fourth-order valence-corrected chi connectivity index (χ4v) is 4.76. The van der Waals surface area contributed by atoms with Crippen LogP contribution in [0.3, 0.4) is 0 Å². The van der Waals surface area contributed by atoms with Crippen LogP contribution < -0.4 is 0 Å². The first-order chi connectivity index (χ1) is 20.5. The van der Waals surface area contributed by atoms with Gasteiger partial charge in [-0.2, -0.15) is 0 Å². The van der Waals surface area contributed by atoms with Crippen LogP contribution in [0.5, 0.6) is 0 Å². The van der Waals surface area contributed by atoms with Crippen LogP contribution in [0.25, 0.3) is 0 Å². The molecule has 2 N–H and O–H groups in total. The average molecular weight is 700 g/mol. The lowest BCUT2D eigenvalue weighted by molar-refractivity contribution is -0.170. The van der Waals surface area contributed by atoms with Crippen molar-refractivity contribution in [1.82, 2.24) is 0 Å². The Labute approximate surface area is 264 Å². The van der Waals surface area contributed by atoms with E-state index in [1.54, 1.807) is 0 Å². The summed E-state index contributed by atoms with van der Waals surface area (Å²) in [5, 5.41) is 22.8. The molecule has 0 heterocycles. The Kier molecular flexibility index (Phi) is 13.7. The first-order valence-corrected chi connectivity index (χ1v) is 15.4. The van der Waals surface area contributed by atoms with Gasteiger partial charge in [-0.3, -0.25) is 0 Å². The highest BCUT2D eigenvalue weighted by atomic mass is 79.9. The Bertz CT molecular complexity index is 1190. The first-order valence-electron chi connectivity index (χ1n) is 13.8. The molecular weight excluding hydrogens is 664 g/mol. The third kappa shape index (κ3) is 11.0. The van der Waals surface area contributed by atoms with E-state index in [1.165, 1.54) is 0 Å². The number of benzene rings is 4. The van der Waals surface area contributed by atoms with Gasteiger partial charge in [-0.25, -0.2) is 0 Å². The minimum Gasteiger partial charge on any atom is -0.388 e. The maximum Gasteiger partial charge on any atom is 0.111 e. The molecule has 0 bridgehead atoms. The molecule has 0 saturated carbocycles. The summed E-state index contributed by atoms with van der Waals surface area (Å²) in [6.07, 6.45) is -4.24. The highest BCUT2D eigenvalue weighted by Gasteiger charge is 2.34. The lowest BCUT2D eigenvalue weighted by Gasteiger charge is -2.32. The molecule has 4 aromatic carbocycles. The van der Waals surface area contributed by atoms with Crippen LogP contribution in [-0.4, -0.2) is 47.8 Å². The van der Waals surface area contributed by atoms with E-state index in [4.69, 9.17) is 18.9 Å². The molecule has 8 heteroatoms. The van der Waals surface area contributed by atoms with Crippen LogP contribution in [0.15, 0.2) is 118 Å². The van der Waals surface area contributed by atoms with E-state index < -0.39 is 24.4 Å². The van der Waals surface area contributed by atoms with Crippen molar-refractivity contribution in [3.8, 4) is 0 Å². The topological polar surface area (TPSA) is 77.4 Å². The summed E-state index contributed by atoms with van der Waals surface area (Å²) in [7, 11) is 0. The van der Waals surface area contributed by atoms with Crippen molar-refractivity contribution in [3.05, 3.63) is 140 Å². The van der Waals surface area contributed by atoms with Gasteiger partial charge in [0.25, 0.3) is 0 Å². The molecule has 0 aliphatic rings. The molecule has 0 aliphatic carbocycles. The number of hydrogen-bond donors (Lipinski definition) is 2.